The number of hydrogen-bond donors (Lipinski definition) is 1. The fraction of sp³-hybridized carbons (Fsp3) is 0.583. The Labute approximate surface area is 112 Å². The van der Waals surface area contributed by atoms with Crippen LogP contribution in [0.15, 0.2) is 12.1 Å². The van der Waals surface area contributed by atoms with E-state index in [9.17, 15) is 4.79 Å². The SMILES string of the molecule is CC(C)C(C)NC(=O)N(C)Cc1ccc(Cl)s1. The summed E-state index contributed by atoms with van der Waals surface area (Å²) in [6.07, 6.45) is 0. The van der Waals surface area contributed by atoms with Crippen LogP contribution >= 0.6 is 22.9 Å². The average Bonchev–Trinajstić information content (AvgIpc) is 2.63. The van der Waals surface area contributed by atoms with Crippen LogP contribution in [0.25, 0.3) is 0 Å². The molecule has 5 heteroatoms. The Bertz CT molecular complexity index is 378. The van der Waals surface area contributed by atoms with Crippen LogP contribution < -0.4 is 5.32 Å². The Morgan fingerprint density at radius 3 is 2.59 bits per heavy atom. The zero-order valence-electron chi connectivity index (χ0n) is 10.7. The van der Waals surface area contributed by atoms with E-state index < -0.39 is 0 Å². The fourth-order valence-electron chi connectivity index (χ4n) is 1.21. The van der Waals surface area contributed by atoms with E-state index in [1.165, 1.54) is 11.3 Å². The molecule has 17 heavy (non-hydrogen) atoms. The van der Waals surface area contributed by atoms with Gasteiger partial charge in [-0.15, -0.1) is 11.3 Å². The number of nitrogens with one attached hydrogen (secondary N) is 1. The van der Waals surface area contributed by atoms with Crippen LogP contribution in [-0.4, -0.2) is 24.0 Å². The molecule has 2 amide bonds. The van der Waals surface area contributed by atoms with E-state index in [4.69, 9.17) is 11.6 Å². The molecule has 0 aliphatic heterocycles. The highest BCUT2D eigenvalue weighted by atomic mass is 35.5. The average molecular weight is 275 g/mol. The van der Waals surface area contributed by atoms with Gasteiger partial charge in [-0.25, -0.2) is 4.79 Å². The Morgan fingerprint density at radius 2 is 2.12 bits per heavy atom. The van der Waals surface area contributed by atoms with Gasteiger partial charge in [0, 0.05) is 18.0 Å². The number of nitrogens with zero attached hydrogens (tertiary/aromatic N) is 1. The predicted octanol–water partition coefficient (Wildman–Crippen LogP) is 3.59. The smallest absolute Gasteiger partial charge is 0.317 e. The van der Waals surface area contributed by atoms with E-state index >= 15 is 0 Å². The third-order valence-corrected chi connectivity index (χ3v) is 3.94. The molecule has 1 heterocycles. The first-order valence-electron chi connectivity index (χ1n) is 5.66. The van der Waals surface area contributed by atoms with Gasteiger partial charge < -0.3 is 10.2 Å². The number of rotatable bonds is 4. The number of amides is 2. The fourth-order valence-corrected chi connectivity index (χ4v) is 2.36. The topological polar surface area (TPSA) is 32.3 Å². The van der Waals surface area contributed by atoms with Gasteiger partial charge in [-0.05, 0) is 25.0 Å². The Balaban J connectivity index is 2.47. The summed E-state index contributed by atoms with van der Waals surface area (Å²) in [5, 5.41) is 2.96. The van der Waals surface area contributed by atoms with Crippen molar-refractivity contribution in [2.45, 2.75) is 33.4 Å². The van der Waals surface area contributed by atoms with Crippen molar-refractivity contribution in [3.8, 4) is 0 Å². The van der Waals surface area contributed by atoms with Crippen molar-refractivity contribution in [1.29, 1.82) is 0 Å². The van der Waals surface area contributed by atoms with Crippen molar-refractivity contribution in [2.75, 3.05) is 7.05 Å². The molecule has 0 bridgehead atoms. The second-order valence-electron chi connectivity index (χ2n) is 4.54. The van der Waals surface area contributed by atoms with Crippen LogP contribution in [0.2, 0.25) is 4.34 Å². The lowest BCUT2D eigenvalue weighted by Crippen LogP contribution is -2.43. The van der Waals surface area contributed by atoms with Crippen LogP contribution in [0.3, 0.4) is 0 Å². The maximum atomic E-state index is 11.9. The Morgan fingerprint density at radius 1 is 1.47 bits per heavy atom. The number of halogens is 1. The molecule has 3 nitrogen and oxygen atoms in total. The Hall–Kier alpha value is -0.740. The molecular weight excluding hydrogens is 256 g/mol. The van der Waals surface area contributed by atoms with Crippen molar-refractivity contribution in [2.24, 2.45) is 5.92 Å². The quantitative estimate of drug-likeness (QED) is 0.894. The normalized spacial score (nSPS) is 12.6. The molecule has 0 fully saturated rings. The summed E-state index contributed by atoms with van der Waals surface area (Å²) < 4.78 is 0.754. The molecule has 0 spiro atoms. The molecule has 0 saturated heterocycles. The van der Waals surface area contributed by atoms with Crippen LogP contribution in [-0.2, 0) is 6.54 Å². The van der Waals surface area contributed by atoms with Crippen LogP contribution in [0.5, 0.6) is 0 Å². The first-order chi connectivity index (χ1) is 7.90. The lowest BCUT2D eigenvalue weighted by molar-refractivity contribution is 0.200. The van der Waals surface area contributed by atoms with E-state index in [0.29, 0.717) is 12.5 Å². The zero-order valence-corrected chi connectivity index (χ0v) is 12.2. The highest BCUT2D eigenvalue weighted by molar-refractivity contribution is 7.16. The molecule has 1 rings (SSSR count). The number of thiophene rings is 1. The van der Waals surface area contributed by atoms with Crippen molar-refractivity contribution < 1.29 is 4.79 Å². The van der Waals surface area contributed by atoms with Crippen molar-refractivity contribution in [3.63, 3.8) is 0 Å². The molecule has 0 aliphatic rings. The van der Waals surface area contributed by atoms with Gasteiger partial charge in [-0.2, -0.15) is 0 Å². The summed E-state index contributed by atoms with van der Waals surface area (Å²) in [5.41, 5.74) is 0. The third kappa shape index (κ3) is 4.56. The van der Waals surface area contributed by atoms with Crippen molar-refractivity contribution >= 4 is 29.0 Å². The lowest BCUT2D eigenvalue weighted by atomic mass is 10.1. The van der Waals surface area contributed by atoms with E-state index in [1.807, 2.05) is 19.1 Å². The highest BCUT2D eigenvalue weighted by Gasteiger charge is 2.14. The monoisotopic (exact) mass is 274 g/mol. The largest absolute Gasteiger partial charge is 0.335 e. The molecule has 1 aromatic heterocycles. The second kappa shape index (κ2) is 6.26. The van der Waals surface area contributed by atoms with E-state index in [1.54, 1.807) is 11.9 Å². The molecule has 1 unspecified atom stereocenters. The number of carbonyl (C=O) groups excluding carboxylic acids is 1. The first-order valence-corrected chi connectivity index (χ1v) is 6.85. The minimum Gasteiger partial charge on any atom is -0.335 e. The maximum absolute atomic E-state index is 11.9. The van der Waals surface area contributed by atoms with E-state index in [0.717, 1.165) is 9.21 Å². The van der Waals surface area contributed by atoms with Gasteiger partial charge in [0.25, 0.3) is 0 Å². The second-order valence-corrected chi connectivity index (χ2v) is 6.34. The van der Waals surface area contributed by atoms with Gasteiger partial charge >= 0.3 is 6.03 Å². The molecule has 0 saturated carbocycles. The summed E-state index contributed by atoms with van der Waals surface area (Å²) in [4.78, 5) is 14.6. The zero-order chi connectivity index (χ0) is 13.0. The van der Waals surface area contributed by atoms with E-state index in [-0.39, 0.29) is 12.1 Å². The summed E-state index contributed by atoms with van der Waals surface area (Å²) in [7, 11) is 1.79. The number of carbonyl (C=O) groups is 1. The van der Waals surface area contributed by atoms with Gasteiger partial charge in [0.15, 0.2) is 0 Å². The molecule has 0 aromatic carbocycles. The predicted molar refractivity (Wildman–Crippen MR) is 73.6 cm³/mol. The molecular formula is C12H19ClN2OS. The van der Waals surface area contributed by atoms with Crippen molar-refractivity contribution in [3.05, 3.63) is 21.3 Å². The van der Waals surface area contributed by atoms with Gasteiger partial charge in [0.05, 0.1) is 10.9 Å². The summed E-state index contributed by atoms with van der Waals surface area (Å²) in [6.45, 7) is 6.78. The number of urea groups is 1. The van der Waals surface area contributed by atoms with Gasteiger partial charge in [-0.1, -0.05) is 25.4 Å². The minimum atomic E-state index is -0.0456. The Kier molecular flexibility index (Phi) is 5.28. The van der Waals surface area contributed by atoms with Gasteiger partial charge in [0.1, 0.15) is 0 Å². The minimum absolute atomic E-state index is 0.0456. The van der Waals surface area contributed by atoms with Crippen LogP contribution in [0, 0.1) is 5.92 Å². The first kappa shape index (κ1) is 14.3. The van der Waals surface area contributed by atoms with Crippen LogP contribution in [0.4, 0.5) is 4.79 Å². The summed E-state index contributed by atoms with van der Waals surface area (Å²) in [5.74, 6) is 0.434. The third-order valence-electron chi connectivity index (χ3n) is 2.72. The molecule has 1 N–H and O–H groups in total. The standard InChI is InChI=1S/C12H19ClN2OS/c1-8(2)9(3)14-12(16)15(4)7-10-5-6-11(13)17-10/h5-6,8-9H,7H2,1-4H3,(H,14,16). The maximum Gasteiger partial charge on any atom is 0.317 e. The molecule has 96 valence electrons. The molecule has 0 aliphatic carbocycles. The molecule has 1 aromatic rings. The molecule has 0 radical (unpaired) electrons. The summed E-state index contributed by atoms with van der Waals surface area (Å²) in [6, 6.07) is 3.93. The summed E-state index contributed by atoms with van der Waals surface area (Å²) >= 11 is 7.35. The highest BCUT2D eigenvalue weighted by Crippen LogP contribution is 2.22. The number of hydrogen-bond acceptors (Lipinski definition) is 2. The van der Waals surface area contributed by atoms with E-state index in [2.05, 4.69) is 19.2 Å². The van der Waals surface area contributed by atoms with Crippen molar-refractivity contribution in [1.82, 2.24) is 10.2 Å². The lowest BCUT2D eigenvalue weighted by Gasteiger charge is -2.22. The molecule has 1 atom stereocenters. The van der Waals surface area contributed by atoms with Gasteiger partial charge in [0.2, 0.25) is 0 Å². The van der Waals surface area contributed by atoms with Gasteiger partial charge in [-0.3, -0.25) is 0 Å². The van der Waals surface area contributed by atoms with Crippen LogP contribution in [0.1, 0.15) is 25.6 Å².